The summed E-state index contributed by atoms with van der Waals surface area (Å²) in [4.78, 5) is 15.5. The number of amides is 1. The number of hydrogen-bond acceptors (Lipinski definition) is 2. The first kappa shape index (κ1) is 13.1. The third-order valence-corrected chi connectivity index (χ3v) is 6.88. The number of nitrogens with two attached hydrogens (primary N) is 1. The molecule has 2 unspecified atom stereocenters. The molecule has 1 heterocycles. The maximum atomic E-state index is 13.3. The maximum Gasteiger partial charge on any atom is 0.229 e. The van der Waals surface area contributed by atoms with E-state index in [-0.39, 0.29) is 5.41 Å². The molecule has 2 N–H and O–H groups in total. The van der Waals surface area contributed by atoms with Crippen molar-refractivity contribution in [3.8, 4) is 0 Å². The molecule has 0 aromatic rings. The van der Waals surface area contributed by atoms with E-state index < -0.39 is 0 Å². The van der Waals surface area contributed by atoms with Crippen molar-refractivity contribution in [3.63, 3.8) is 0 Å². The van der Waals surface area contributed by atoms with Crippen LogP contribution in [0.3, 0.4) is 0 Å². The van der Waals surface area contributed by atoms with Crippen molar-refractivity contribution in [1.29, 1.82) is 0 Å². The van der Waals surface area contributed by atoms with Crippen molar-refractivity contribution < 1.29 is 4.79 Å². The normalized spacial score (nSPS) is 49.9. The Kier molecular flexibility index (Phi) is 2.93. The van der Waals surface area contributed by atoms with Crippen molar-refractivity contribution in [1.82, 2.24) is 4.90 Å². The summed E-state index contributed by atoms with van der Waals surface area (Å²) < 4.78 is 0. The fourth-order valence-corrected chi connectivity index (χ4v) is 6.30. The van der Waals surface area contributed by atoms with Crippen LogP contribution in [0.5, 0.6) is 0 Å². The fraction of sp³-hybridized carbons (Fsp3) is 0.941. The number of carbonyl (C=O) groups is 1. The molecule has 20 heavy (non-hydrogen) atoms. The Balaban J connectivity index is 1.59. The standard InChI is InChI=1S/C17H28N2O/c1-11-2-3-19(15(11)10-18)16(20)17-7-12-4-13(8-17)6-14(5-12)9-17/h11-15H,2-10,18H2,1H3. The molecule has 5 rings (SSSR count). The number of nitrogens with zero attached hydrogens (tertiary/aromatic N) is 1. The fourth-order valence-electron chi connectivity index (χ4n) is 6.30. The van der Waals surface area contributed by atoms with Crippen molar-refractivity contribution in [2.45, 2.75) is 57.9 Å². The molecule has 4 aliphatic carbocycles. The van der Waals surface area contributed by atoms with Crippen molar-refractivity contribution in [3.05, 3.63) is 0 Å². The topological polar surface area (TPSA) is 46.3 Å². The molecule has 5 fully saturated rings. The van der Waals surface area contributed by atoms with Crippen LogP contribution in [-0.4, -0.2) is 29.9 Å². The lowest BCUT2D eigenvalue weighted by Gasteiger charge is -2.56. The highest BCUT2D eigenvalue weighted by Crippen LogP contribution is 2.60. The van der Waals surface area contributed by atoms with Crippen LogP contribution in [0.4, 0.5) is 0 Å². The van der Waals surface area contributed by atoms with E-state index in [0.717, 1.165) is 30.7 Å². The van der Waals surface area contributed by atoms with Gasteiger partial charge in [-0.1, -0.05) is 6.92 Å². The molecule has 2 atom stereocenters. The largest absolute Gasteiger partial charge is 0.338 e. The van der Waals surface area contributed by atoms with Gasteiger partial charge in [0.2, 0.25) is 5.91 Å². The van der Waals surface area contributed by atoms with Gasteiger partial charge >= 0.3 is 0 Å². The van der Waals surface area contributed by atoms with Gasteiger partial charge in [0.25, 0.3) is 0 Å². The van der Waals surface area contributed by atoms with E-state index in [0.29, 0.717) is 24.4 Å². The average molecular weight is 276 g/mol. The van der Waals surface area contributed by atoms with Gasteiger partial charge in [-0.15, -0.1) is 0 Å². The molecule has 3 heteroatoms. The zero-order chi connectivity index (χ0) is 13.9. The maximum absolute atomic E-state index is 13.3. The van der Waals surface area contributed by atoms with Gasteiger partial charge in [0, 0.05) is 19.1 Å². The van der Waals surface area contributed by atoms with Gasteiger partial charge < -0.3 is 10.6 Å². The molecule has 4 saturated carbocycles. The Morgan fingerprint density at radius 2 is 1.70 bits per heavy atom. The van der Waals surface area contributed by atoms with Crippen LogP contribution < -0.4 is 5.73 Å². The summed E-state index contributed by atoms with van der Waals surface area (Å²) >= 11 is 0. The lowest BCUT2D eigenvalue weighted by atomic mass is 9.49. The van der Waals surface area contributed by atoms with Gasteiger partial charge in [0.1, 0.15) is 0 Å². The first-order chi connectivity index (χ1) is 9.61. The van der Waals surface area contributed by atoms with E-state index in [1.54, 1.807) is 0 Å². The lowest BCUT2D eigenvalue weighted by Crippen LogP contribution is -2.56. The smallest absolute Gasteiger partial charge is 0.229 e. The van der Waals surface area contributed by atoms with E-state index in [4.69, 9.17) is 5.73 Å². The van der Waals surface area contributed by atoms with Crippen LogP contribution in [0.25, 0.3) is 0 Å². The zero-order valence-electron chi connectivity index (χ0n) is 12.7. The van der Waals surface area contributed by atoms with E-state index in [1.807, 2.05) is 0 Å². The van der Waals surface area contributed by atoms with E-state index >= 15 is 0 Å². The van der Waals surface area contributed by atoms with Gasteiger partial charge in [-0.2, -0.15) is 0 Å². The summed E-state index contributed by atoms with van der Waals surface area (Å²) in [5.74, 6) is 3.61. The summed E-state index contributed by atoms with van der Waals surface area (Å²) in [6.45, 7) is 3.84. The summed E-state index contributed by atoms with van der Waals surface area (Å²) in [5.41, 5.74) is 5.97. The Hall–Kier alpha value is -0.570. The number of likely N-dealkylation sites (tertiary alicyclic amines) is 1. The van der Waals surface area contributed by atoms with Gasteiger partial charge in [0.05, 0.1) is 5.41 Å². The van der Waals surface area contributed by atoms with Crippen molar-refractivity contribution in [2.24, 2.45) is 34.8 Å². The quantitative estimate of drug-likeness (QED) is 0.842. The molecule has 0 radical (unpaired) electrons. The van der Waals surface area contributed by atoms with Gasteiger partial charge in [-0.25, -0.2) is 0 Å². The third kappa shape index (κ3) is 1.78. The summed E-state index contributed by atoms with van der Waals surface area (Å²) in [5, 5.41) is 0. The number of carbonyl (C=O) groups excluding carboxylic acids is 1. The molecule has 0 spiro atoms. The molecule has 5 aliphatic rings. The second-order valence-electron chi connectivity index (χ2n) is 8.27. The van der Waals surface area contributed by atoms with Crippen LogP contribution in [0.2, 0.25) is 0 Å². The minimum absolute atomic E-state index is 0.0201. The molecular weight excluding hydrogens is 248 g/mol. The third-order valence-electron chi connectivity index (χ3n) is 6.88. The molecule has 1 saturated heterocycles. The Morgan fingerprint density at radius 3 is 2.20 bits per heavy atom. The summed E-state index contributed by atoms with van der Waals surface area (Å²) in [7, 11) is 0. The van der Waals surface area contributed by atoms with Crippen LogP contribution >= 0.6 is 0 Å². The van der Waals surface area contributed by atoms with Crippen LogP contribution in [0.1, 0.15) is 51.9 Å². The lowest BCUT2D eigenvalue weighted by molar-refractivity contribution is -0.158. The minimum Gasteiger partial charge on any atom is -0.338 e. The van der Waals surface area contributed by atoms with Gasteiger partial charge in [-0.3, -0.25) is 4.79 Å². The van der Waals surface area contributed by atoms with Crippen LogP contribution in [0.15, 0.2) is 0 Å². The second-order valence-corrected chi connectivity index (χ2v) is 8.27. The van der Waals surface area contributed by atoms with Crippen LogP contribution in [-0.2, 0) is 4.79 Å². The SMILES string of the molecule is CC1CCN(C(=O)C23CC4CC(CC(C4)C2)C3)C1CN. The van der Waals surface area contributed by atoms with E-state index in [9.17, 15) is 4.79 Å². The molecule has 4 bridgehead atoms. The summed E-state index contributed by atoms with van der Waals surface area (Å²) in [6, 6.07) is 0.301. The van der Waals surface area contributed by atoms with Gasteiger partial charge in [0.15, 0.2) is 0 Å². The van der Waals surface area contributed by atoms with Crippen molar-refractivity contribution in [2.75, 3.05) is 13.1 Å². The average Bonchev–Trinajstić information content (AvgIpc) is 2.77. The minimum atomic E-state index is 0.0201. The first-order valence-electron chi connectivity index (χ1n) is 8.62. The van der Waals surface area contributed by atoms with Gasteiger partial charge in [-0.05, 0) is 68.6 Å². The highest BCUT2D eigenvalue weighted by molar-refractivity contribution is 5.84. The van der Waals surface area contributed by atoms with E-state index in [1.165, 1.54) is 38.5 Å². The Bertz CT molecular complexity index is 384. The highest BCUT2D eigenvalue weighted by Gasteiger charge is 2.56. The van der Waals surface area contributed by atoms with E-state index in [2.05, 4.69) is 11.8 Å². The number of rotatable bonds is 2. The highest BCUT2D eigenvalue weighted by atomic mass is 16.2. The Labute approximate surface area is 122 Å². The molecule has 0 aromatic heterocycles. The summed E-state index contributed by atoms with van der Waals surface area (Å²) in [6.07, 6.45) is 8.90. The molecule has 112 valence electrons. The number of hydrogen-bond donors (Lipinski definition) is 1. The molecule has 1 aliphatic heterocycles. The molecule has 1 amide bonds. The van der Waals surface area contributed by atoms with Crippen molar-refractivity contribution >= 4 is 5.91 Å². The zero-order valence-corrected chi connectivity index (χ0v) is 12.7. The molecular formula is C17H28N2O. The van der Waals surface area contributed by atoms with Crippen LogP contribution in [0, 0.1) is 29.1 Å². The molecule has 0 aromatic carbocycles. The predicted octanol–water partition coefficient (Wildman–Crippen LogP) is 2.40. The Morgan fingerprint density at radius 1 is 1.15 bits per heavy atom. The second kappa shape index (κ2) is 4.46. The monoisotopic (exact) mass is 276 g/mol. The molecule has 3 nitrogen and oxygen atoms in total. The predicted molar refractivity (Wildman–Crippen MR) is 78.9 cm³/mol. The first-order valence-corrected chi connectivity index (χ1v) is 8.62.